The predicted octanol–water partition coefficient (Wildman–Crippen LogP) is 3.35. The lowest BCUT2D eigenvalue weighted by molar-refractivity contribution is 0.409. The zero-order valence-electron chi connectivity index (χ0n) is 10.5. The Labute approximate surface area is 106 Å². The Kier molecular flexibility index (Phi) is 2.59. The van der Waals surface area contributed by atoms with Gasteiger partial charge in [0, 0.05) is 17.7 Å². The minimum Gasteiger partial charge on any atom is -0.496 e. The van der Waals surface area contributed by atoms with E-state index in [1.54, 1.807) is 14.2 Å². The zero-order valence-corrected chi connectivity index (χ0v) is 10.5. The molecule has 0 saturated heterocycles. The van der Waals surface area contributed by atoms with Gasteiger partial charge in [-0.3, -0.25) is 0 Å². The predicted molar refractivity (Wildman–Crippen MR) is 72.1 cm³/mol. The van der Waals surface area contributed by atoms with Crippen LogP contribution < -0.4 is 14.8 Å². The number of para-hydroxylation sites is 1. The van der Waals surface area contributed by atoms with Crippen molar-refractivity contribution in [2.75, 3.05) is 19.5 Å². The van der Waals surface area contributed by atoms with E-state index in [2.05, 4.69) is 17.4 Å². The molecule has 0 aliphatic carbocycles. The van der Waals surface area contributed by atoms with Crippen molar-refractivity contribution in [3.63, 3.8) is 0 Å². The SMILES string of the molecule is COc1cccc2c1Cc1cccc(OC)c1N2. The molecule has 0 radical (unpaired) electrons. The molecule has 0 spiro atoms. The van der Waals surface area contributed by atoms with Crippen LogP contribution in [0.3, 0.4) is 0 Å². The van der Waals surface area contributed by atoms with E-state index in [4.69, 9.17) is 9.47 Å². The maximum absolute atomic E-state index is 5.41. The van der Waals surface area contributed by atoms with E-state index in [0.717, 1.165) is 29.3 Å². The molecule has 0 unspecified atom stereocenters. The first-order valence-corrected chi connectivity index (χ1v) is 5.92. The molecule has 0 fully saturated rings. The van der Waals surface area contributed by atoms with Crippen molar-refractivity contribution in [1.29, 1.82) is 0 Å². The Balaban J connectivity index is 2.11. The van der Waals surface area contributed by atoms with Gasteiger partial charge in [0.25, 0.3) is 0 Å². The highest BCUT2D eigenvalue weighted by Gasteiger charge is 2.20. The molecule has 1 N–H and O–H groups in total. The third-order valence-electron chi connectivity index (χ3n) is 3.31. The fourth-order valence-corrected chi connectivity index (χ4v) is 2.42. The molecule has 0 bridgehead atoms. The molecule has 1 heterocycles. The molecule has 1 aliphatic heterocycles. The number of hydrogen-bond donors (Lipinski definition) is 1. The largest absolute Gasteiger partial charge is 0.496 e. The van der Waals surface area contributed by atoms with Crippen molar-refractivity contribution in [3.8, 4) is 11.5 Å². The maximum Gasteiger partial charge on any atom is 0.142 e. The van der Waals surface area contributed by atoms with Crippen LogP contribution in [0.2, 0.25) is 0 Å². The van der Waals surface area contributed by atoms with Gasteiger partial charge in [0.2, 0.25) is 0 Å². The summed E-state index contributed by atoms with van der Waals surface area (Å²) in [5.41, 5.74) is 4.57. The van der Waals surface area contributed by atoms with Gasteiger partial charge in [0.05, 0.1) is 19.9 Å². The van der Waals surface area contributed by atoms with Gasteiger partial charge in [-0.05, 0) is 23.8 Å². The molecule has 3 rings (SSSR count). The van der Waals surface area contributed by atoms with Crippen LogP contribution in [0.5, 0.6) is 11.5 Å². The van der Waals surface area contributed by atoms with Crippen LogP contribution in [0.1, 0.15) is 11.1 Å². The maximum atomic E-state index is 5.41. The Morgan fingerprint density at radius 1 is 0.944 bits per heavy atom. The Hall–Kier alpha value is -2.16. The van der Waals surface area contributed by atoms with Crippen LogP contribution in [0.15, 0.2) is 36.4 Å². The summed E-state index contributed by atoms with van der Waals surface area (Å²) in [5.74, 6) is 1.80. The van der Waals surface area contributed by atoms with Crippen molar-refractivity contribution in [1.82, 2.24) is 0 Å². The lowest BCUT2D eigenvalue weighted by atomic mass is 9.96. The molecule has 3 nitrogen and oxygen atoms in total. The summed E-state index contributed by atoms with van der Waals surface area (Å²) in [4.78, 5) is 0. The van der Waals surface area contributed by atoms with Gasteiger partial charge in [-0.1, -0.05) is 18.2 Å². The van der Waals surface area contributed by atoms with Crippen LogP contribution in [0.25, 0.3) is 0 Å². The number of ether oxygens (including phenoxy) is 2. The van der Waals surface area contributed by atoms with Crippen LogP contribution >= 0.6 is 0 Å². The van der Waals surface area contributed by atoms with E-state index in [1.165, 1.54) is 11.1 Å². The lowest BCUT2D eigenvalue weighted by Gasteiger charge is -2.24. The standard InChI is InChI=1S/C15H15NO2/c1-17-13-7-4-6-12-11(13)9-10-5-3-8-14(18-2)15(10)16-12/h3-8,16H,9H2,1-2H3. The van der Waals surface area contributed by atoms with Crippen molar-refractivity contribution in [2.45, 2.75) is 6.42 Å². The third kappa shape index (κ3) is 1.59. The van der Waals surface area contributed by atoms with Crippen molar-refractivity contribution >= 4 is 11.4 Å². The summed E-state index contributed by atoms with van der Waals surface area (Å²) in [6.07, 6.45) is 0.860. The molecule has 2 aromatic rings. The number of benzene rings is 2. The van der Waals surface area contributed by atoms with Crippen molar-refractivity contribution in [3.05, 3.63) is 47.5 Å². The topological polar surface area (TPSA) is 30.5 Å². The summed E-state index contributed by atoms with van der Waals surface area (Å²) >= 11 is 0. The molecule has 1 aliphatic rings. The second-order valence-corrected chi connectivity index (χ2v) is 4.28. The van der Waals surface area contributed by atoms with Crippen LogP contribution in [-0.4, -0.2) is 14.2 Å². The van der Waals surface area contributed by atoms with Crippen molar-refractivity contribution in [2.24, 2.45) is 0 Å². The summed E-state index contributed by atoms with van der Waals surface area (Å²) < 4.78 is 10.8. The molecule has 0 atom stereocenters. The second kappa shape index (κ2) is 4.26. The quantitative estimate of drug-likeness (QED) is 0.746. The highest BCUT2D eigenvalue weighted by Crippen LogP contribution is 2.41. The highest BCUT2D eigenvalue weighted by molar-refractivity contribution is 5.78. The van der Waals surface area contributed by atoms with E-state index < -0.39 is 0 Å². The summed E-state index contributed by atoms with van der Waals surface area (Å²) in [7, 11) is 3.40. The monoisotopic (exact) mass is 241 g/mol. The zero-order chi connectivity index (χ0) is 12.5. The van der Waals surface area contributed by atoms with Crippen LogP contribution in [-0.2, 0) is 6.42 Å². The molecule has 18 heavy (non-hydrogen) atoms. The average Bonchev–Trinajstić information content (AvgIpc) is 2.43. The first-order valence-electron chi connectivity index (χ1n) is 5.92. The van der Waals surface area contributed by atoms with Gasteiger partial charge in [-0.25, -0.2) is 0 Å². The second-order valence-electron chi connectivity index (χ2n) is 4.28. The van der Waals surface area contributed by atoms with Gasteiger partial charge >= 0.3 is 0 Å². The first-order chi connectivity index (χ1) is 8.83. The summed E-state index contributed by atoms with van der Waals surface area (Å²) in [5, 5.41) is 3.43. The molecule has 2 aromatic carbocycles. The number of methoxy groups -OCH3 is 2. The number of nitrogens with one attached hydrogen (secondary N) is 1. The first kappa shape index (κ1) is 11.0. The Morgan fingerprint density at radius 2 is 1.67 bits per heavy atom. The Bertz CT molecular complexity index is 540. The van der Waals surface area contributed by atoms with E-state index in [-0.39, 0.29) is 0 Å². The van der Waals surface area contributed by atoms with Crippen LogP contribution in [0, 0.1) is 0 Å². The lowest BCUT2D eigenvalue weighted by Crippen LogP contribution is -2.09. The van der Waals surface area contributed by atoms with Crippen LogP contribution in [0.4, 0.5) is 11.4 Å². The molecule has 92 valence electrons. The normalized spacial score (nSPS) is 12.1. The summed E-state index contributed by atoms with van der Waals surface area (Å²) in [6.45, 7) is 0. The Morgan fingerprint density at radius 3 is 2.44 bits per heavy atom. The number of fused-ring (bicyclic) bond motifs is 2. The fourth-order valence-electron chi connectivity index (χ4n) is 2.42. The van der Waals surface area contributed by atoms with Gasteiger partial charge in [-0.2, -0.15) is 0 Å². The molecule has 0 saturated carbocycles. The average molecular weight is 241 g/mol. The van der Waals surface area contributed by atoms with Crippen molar-refractivity contribution < 1.29 is 9.47 Å². The van der Waals surface area contributed by atoms with Gasteiger partial charge in [0.1, 0.15) is 11.5 Å². The minimum atomic E-state index is 0.860. The van der Waals surface area contributed by atoms with E-state index >= 15 is 0 Å². The molecular weight excluding hydrogens is 226 g/mol. The summed E-state index contributed by atoms with van der Waals surface area (Å²) in [6, 6.07) is 12.1. The van der Waals surface area contributed by atoms with Gasteiger partial charge in [0.15, 0.2) is 0 Å². The van der Waals surface area contributed by atoms with Gasteiger partial charge < -0.3 is 14.8 Å². The van der Waals surface area contributed by atoms with E-state index in [1.807, 2.05) is 24.3 Å². The highest BCUT2D eigenvalue weighted by atomic mass is 16.5. The molecular formula is C15H15NO2. The number of hydrogen-bond acceptors (Lipinski definition) is 3. The number of rotatable bonds is 2. The fraction of sp³-hybridized carbons (Fsp3) is 0.200. The third-order valence-corrected chi connectivity index (χ3v) is 3.31. The van der Waals surface area contributed by atoms with E-state index in [9.17, 15) is 0 Å². The number of anilines is 2. The molecule has 0 aromatic heterocycles. The molecule has 0 amide bonds. The smallest absolute Gasteiger partial charge is 0.142 e. The van der Waals surface area contributed by atoms with Gasteiger partial charge in [-0.15, -0.1) is 0 Å². The minimum absolute atomic E-state index is 0.860. The van der Waals surface area contributed by atoms with E-state index in [0.29, 0.717) is 0 Å². The molecule has 3 heteroatoms.